The van der Waals surface area contributed by atoms with E-state index in [1.165, 1.54) is 16.7 Å². The van der Waals surface area contributed by atoms with Crippen molar-refractivity contribution in [3.8, 4) is 11.5 Å². The van der Waals surface area contributed by atoms with Crippen LogP contribution in [0.2, 0.25) is 0 Å². The Morgan fingerprint density at radius 3 is 1.76 bits per heavy atom. The average molecular weight is 471 g/mol. The molecule has 0 amide bonds. The molecular weight excluding hydrogens is 420 g/mol. The first-order chi connectivity index (χ1) is 15.9. The van der Waals surface area contributed by atoms with Crippen LogP contribution in [0.3, 0.4) is 0 Å². The lowest BCUT2D eigenvalue weighted by atomic mass is 9.88. The molecule has 1 aromatic carbocycles. The number of allylic oxidation sites excluding steroid dienone is 6. The van der Waals surface area contributed by atoms with Crippen LogP contribution in [0.5, 0.6) is 11.5 Å². The Labute approximate surface area is 210 Å². The van der Waals surface area contributed by atoms with E-state index < -0.39 is 5.60 Å². The van der Waals surface area contributed by atoms with Crippen LogP contribution in [0.15, 0.2) is 34.9 Å². The van der Waals surface area contributed by atoms with Crippen LogP contribution in [0.25, 0.3) is 0 Å². The lowest BCUT2D eigenvalue weighted by Gasteiger charge is -2.25. The van der Waals surface area contributed by atoms with E-state index in [4.69, 9.17) is 9.47 Å². The summed E-state index contributed by atoms with van der Waals surface area (Å²) in [6.07, 6.45) is 14.5. The molecule has 1 N–H and O–H groups in total. The minimum Gasteiger partial charge on any atom is -0.496 e. The predicted octanol–water partition coefficient (Wildman–Crippen LogP) is 8.51. The van der Waals surface area contributed by atoms with Gasteiger partial charge in [0.1, 0.15) is 11.5 Å². The number of aliphatic hydroxyl groups is 1. The third kappa shape index (κ3) is 9.70. The van der Waals surface area contributed by atoms with E-state index >= 15 is 0 Å². The van der Waals surface area contributed by atoms with Gasteiger partial charge in [-0.3, -0.25) is 0 Å². The van der Waals surface area contributed by atoms with Crippen molar-refractivity contribution in [3.63, 3.8) is 0 Å². The van der Waals surface area contributed by atoms with Crippen molar-refractivity contribution in [1.82, 2.24) is 0 Å². The summed E-state index contributed by atoms with van der Waals surface area (Å²) >= 11 is 0. The van der Waals surface area contributed by atoms with Crippen molar-refractivity contribution < 1.29 is 14.6 Å². The number of methoxy groups -OCH3 is 2. The molecule has 34 heavy (non-hydrogen) atoms. The van der Waals surface area contributed by atoms with E-state index in [9.17, 15) is 5.11 Å². The highest BCUT2D eigenvalue weighted by molar-refractivity contribution is 5.58. The van der Waals surface area contributed by atoms with E-state index in [0.29, 0.717) is 6.42 Å². The number of hydrogen-bond acceptors (Lipinski definition) is 3. The molecule has 0 saturated heterocycles. The Kier molecular flexibility index (Phi) is 12.7. The van der Waals surface area contributed by atoms with Crippen molar-refractivity contribution >= 4 is 0 Å². The van der Waals surface area contributed by atoms with E-state index in [1.54, 1.807) is 14.2 Å². The van der Waals surface area contributed by atoms with E-state index in [2.05, 4.69) is 66.7 Å². The first kappa shape index (κ1) is 30.0. The van der Waals surface area contributed by atoms with Gasteiger partial charge in [-0.2, -0.15) is 0 Å². The summed E-state index contributed by atoms with van der Waals surface area (Å²) < 4.78 is 11.4. The summed E-state index contributed by atoms with van der Waals surface area (Å²) in [5.74, 6) is 1.85. The van der Waals surface area contributed by atoms with Crippen LogP contribution >= 0.6 is 0 Å². The van der Waals surface area contributed by atoms with Gasteiger partial charge >= 0.3 is 0 Å². The second-order valence-electron chi connectivity index (χ2n) is 10.4. The average Bonchev–Trinajstić information content (AvgIpc) is 2.75. The summed E-state index contributed by atoms with van der Waals surface area (Å²) in [7, 11) is 3.44. The maximum absolute atomic E-state index is 11.0. The Balaban J connectivity index is 2.64. The number of hydrogen-bond donors (Lipinski definition) is 1. The van der Waals surface area contributed by atoms with Gasteiger partial charge in [0, 0.05) is 5.56 Å². The van der Waals surface area contributed by atoms with Crippen LogP contribution in [-0.4, -0.2) is 24.9 Å². The van der Waals surface area contributed by atoms with Crippen LogP contribution in [0, 0.1) is 20.8 Å². The summed E-state index contributed by atoms with van der Waals surface area (Å²) in [5, 5.41) is 11.0. The van der Waals surface area contributed by atoms with E-state index in [1.807, 2.05) is 6.92 Å². The number of rotatable bonds is 14. The molecule has 1 rings (SSSR count). The minimum atomic E-state index is -0.721. The van der Waals surface area contributed by atoms with Gasteiger partial charge in [-0.25, -0.2) is 0 Å². The Hall–Kier alpha value is -2.00. The molecule has 0 aliphatic rings. The third-order valence-corrected chi connectivity index (χ3v) is 6.93. The molecule has 1 atom stereocenters. The predicted molar refractivity (Wildman–Crippen MR) is 147 cm³/mol. The highest BCUT2D eigenvalue weighted by Gasteiger charge is 2.24. The van der Waals surface area contributed by atoms with Crippen LogP contribution in [0.4, 0.5) is 0 Å². The molecule has 0 radical (unpaired) electrons. The van der Waals surface area contributed by atoms with Crippen LogP contribution in [-0.2, 0) is 6.42 Å². The summed E-state index contributed by atoms with van der Waals surface area (Å²) in [4.78, 5) is 0. The Morgan fingerprint density at radius 1 is 0.735 bits per heavy atom. The zero-order valence-corrected chi connectivity index (χ0v) is 23.7. The molecule has 3 heteroatoms. The molecule has 3 nitrogen and oxygen atoms in total. The minimum absolute atomic E-state index is 0.691. The van der Waals surface area contributed by atoms with Gasteiger partial charge in [-0.1, -0.05) is 34.9 Å². The van der Waals surface area contributed by atoms with Gasteiger partial charge in [-0.05, 0) is 123 Å². The van der Waals surface area contributed by atoms with Crippen molar-refractivity contribution in [2.75, 3.05) is 14.2 Å². The molecule has 0 bridgehead atoms. The lowest BCUT2D eigenvalue weighted by Crippen LogP contribution is -2.25. The van der Waals surface area contributed by atoms with Crippen molar-refractivity contribution in [2.24, 2.45) is 0 Å². The largest absolute Gasteiger partial charge is 0.496 e. The van der Waals surface area contributed by atoms with Crippen LogP contribution in [0.1, 0.15) is 102 Å². The molecule has 192 valence electrons. The zero-order chi connectivity index (χ0) is 25.9. The topological polar surface area (TPSA) is 38.7 Å². The fourth-order valence-electron chi connectivity index (χ4n) is 4.53. The standard InChI is InChI=1S/C31H50O3/c1-22(2)14-11-15-23(3)16-12-17-24(4)18-13-20-31(8,32)21-19-28-27(7)29(33-9)25(5)26(6)30(28)34-10/h14,16,18,32H,11-13,15,17,19-21H2,1-10H3/b23-16+,24-18+/t31-/m1/s1. The first-order valence-corrected chi connectivity index (χ1v) is 12.8. The lowest BCUT2D eigenvalue weighted by molar-refractivity contribution is 0.0430. The molecule has 0 heterocycles. The van der Waals surface area contributed by atoms with Gasteiger partial charge in [0.05, 0.1) is 19.8 Å². The SMILES string of the molecule is COc1c(C)c(C)c(OC)c(CC[C@](C)(O)CC/C=C(\C)CC/C=C(\C)CCC=C(C)C)c1C. The molecule has 0 aromatic heterocycles. The highest BCUT2D eigenvalue weighted by atomic mass is 16.5. The van der Waals surface area contributed by atoms with Crippen molar-refractivity contribution in [1.29, 1.82) is 0 Å². The van der Waals surface area contributed by atoms with Gasteiger partial charge in [0.15, 0.2) is 0 Å². The molecule has 0 unspecified atom stereocenters. The van der Waals surface area contributed by atoms with Crippen molar-refractivity contribution in [2.45, 2.75) is 112 Å². The fourth-order valence-corrected chi connectivity index (χ4v) is 4.53. The van der Waals surface area contributed by atoms with Gasteiger partial charge in [0.2, 0.25) is 0 Å². The first-order valence-electron chi connectivity index (χ1n) is 12.8. The summed E-state index contributed by atoms with van der Waals surface area (Å²) in [6, 6.07) is 0. The normalized spacial score (nSPS) is 14.1. The molecule has 1 aromatic rings. The number of ether oxygens (including phenoxy) is 2. The summed E-state index contributed by atoms with van der Waals surface area (Å²) in [5.41, 5.74) is 8.03. The highest BCUT2D eigenvalue weighted by Crippen LogP contribution is 2.39. The van der Waals surface area contributed by atoms with Crippen LogP contribution < -0.4 is 9.47 Å². The molecule has 0 spiro atoms. The second kappa shape index (κ2) is 14.4. The maximum atomic E-state index is 11.0. The Morgan fingerprint density at radius 2 is 1.24 bits per heavy atom. The third-order valence-electron chi connectivity index (χ3n) is 6.93. The Bertz CT molecular complexity index is 881. The quantitative estimate of drug-likeness (QED) is 0.277. The fraction of sp³-hybridized carbons (Fsp3) is 0.613. The summed E-state index contributed by atoms with van der Waals surface area (Å²) in [6.45, 7) is 16.9. The smallest absolute Gasteiger partial charge is 0.125 e. The molecular formula is C31H50O3. The van der Waals surface area contributed by atoms with Gasteiger partial charge in [0.25, 0.3) is 0 Å². The van der Waals surface area contributed by atoms with Gasteiger partial charge in [-0.15, -0.1) is 0 Å². The van der Waals surface area contributed by atoms with Gasteiger partial charge < -0.3 is 14.6 Å². The molecule has 0 aliphatic carbocycles. The van der Waals surface area contributed by atoms with E-state index in [-0.39, 0.29) is 0 Å². The maximum Gasteiger partial charge on any atom is 0.125 e. The number of benzene rings is 1. The second-order valence-corrected chi connectivity index (χ2v) is 10.4. The zero-order valence-electron chi connectivity index (χ0n) is 23.7. The monoisotopic (exact) mass is 470 g/mol. The van der Waals surface area contributed by atoms with Crippen molar-refractivity contribution in [3.05, 3.63) is 57.2 Å². The molecule has 0 saturated carbocycles. The molecule has 0 fully saturated rings. The molecule has 0 aliphatic heterocycles. The van der Waals surface area contributed by atoms with E-state index in [0.717, 1.165) is 78.7 Å².